The molecule has 5 heterocycles. The van der Waals surface area contributed by atoms with Crippen molar-refractivity contribution in [1.29, 1.82) is 15.8 Å². The first kappa shape index (κ1) is 77.6. The number of carbonyl (C=O) groups is 5. The summed E-state index contributed by atoms with van der Waals surface area (Å²) in [6.07, 6.45) is 11.6. The number of allylic oxidation sites excluding steroid dienone is 3. The quantitative estimate of drug-likeness (QED) is 0.0324. The maximum absolute atomic E-state index is 14.0. The molecular formula is C76H75N13O11. The summed E-state index contributed by atoms with van der Waals surface area (Å²) in [5.74, 6) is -3.41. The van der Waals surface area contributed by atoms with Crippen LogP contribution in [0, 0.1) is 54.8 Å². The lowest BCUT2D eigenvalue weighted by atomic mass is 9.95. The molecular weight excluding hydrogens is 1270 g/mol. The number of aromatic amines is 4. The van der Waals surface area contributed by atoms with Crippen molar-refractivity contribution in [2.24, 2.45) is 5.73 Å². The molecule has 5 aromatic heterocycles. The fourth-order valence-corrected chi connectivity index (χ4v) is 10.9. The van der Waals surface area contributed by atoms with E-state index in [2.05, 4.69) is 29.9 Å². The number of primary amides is 1. The third kappa shape index (κ3) is 18.9. The van der Waals surface area contributed by atoms with Gasteiger partial charge < -0.3 is 16.5 Å². The largest absolute Gasteiger partial charge is 0.384 e. The van der Waals surface area contributed by atoms with E-state index in [0.29, 0.717) is 38.9 Å². The summed E-state index contributed by atoms with van der Waals surface area (Å²) in [5, 5.41) is 26.4. The molecule has 0 unspecified atom stereocenters. The topological polar surface area (TPSA) is 410 Å². The normalized spacial score (nSPS) is 10.8. The molecule has 24 nitrogen and oxygen atoms in total. The Kier molecular flexibility index (Phi) is 26.8. The molecule has 0 saturated heterocycles. The van der Waals surface area contributed by atoms with Gasteiger partial charge >= 0.3 is 17.1 Å². The first-order chi connectivity index (χ1) is 46.5. The Morgan fingerprint density at radius 1 is 0.490 bits per heavy atom. The lowest BCUT2D eigenvalue weighted by Gasteiger charge is -2.18. The van der Waals surface area contributed by atoms with E-state index in [-0.39, 0.29) is 102 Å². The number of hydrogen-bond donors (Lipinski definition) is 6. The third-order valence-corrected chi connectivity index (χ3v) is 15.0. The summed E-state index contributed by atoms with van der Waals surface area (Å²) >= 11 is 0. The van der Waals surface area contributed by atoms with Gasteiger partial charge in [-0.05, 0) is 168 Å². The van der Waals surface area contributed by atoms with E-state index >= 15 is 0 Å². The van der Waals surface area contributed by atoms with Crippen LogP contribution < -0.4 is 45.2 Å². The number of nitrogens with two attached hydrogens (primary N) is 2. The minimum atomic E-state index is -0.797. The third-order valence-electron chi connectivity index (χ3n) is 15.0. The zero-order valence-electron chi connectivity index (χ0n) is 54.9. The zero-order valence-corrected chi connectivity index (χ0v) is 54.9. The number of aryl methyl sites for hydroxylation is 3. The highest BCUT2D eigenvalue weighted by atomic mass is 16.2. The lowest BCUT2D eigenvalue weighted by molar-refractivity contribution is 0.0979. The van der Waals surface area contributed by atoms with Gasteiger partial charge in [-0.2, -0.15) is 15.8 Å². The van der Waals surface area contributed by atoms with Gasteiger partial charge in [0.05, 0.1) is 42.6 Å². The molecule has 100 heavy (non-hydrogen) atoms. The zero-order chi connectivity index (χ0) is 71.8. The smallest absolute Gasteiger partial charge is 0.329 e. The van der Waals surface area contributed by atoms with Crippen LogP contribution in [0.25, 0.3) is 18.2 Å². The summed E-state index contributed by atoms with van der Waals surface area (Å²) < 4.78 is 2.44. The van der Waals surface area contributed by atoms with Gasteiger partial charge in [-0.1, -0.05) is 92.8 Å². The van der Waals surface area contributed by atoms with Crippen LogP contribution in [-0.4, -0.2) is 68.1 Å². The van der Waals surface area contributed by atoms with Crippen LogP contribution in [-0.2, 0) is 13.1 Å². The van der Waals surface area contributed by atoms with E-state index < -0.39 is 68.7 Å². The van der Waals surface area contributed by atoms with Crippen molar-refractivity contribution in [2.75, 3.05) is 5.73 Å². The Balaban J connectivity index is 0.000000278. The number of amides is 1. The monoisotopic (exact) mass is 1350 g/mol. The molecule has 0 saturated carbocycles. The van der Waals surface area contributed by atoms with E-state index in [1.165, 1.54) is 58.0 Å². The molecule has 0 aliphatic carbocycles. The van der Waals surface area contributed by atoms with Gasteiger partial charge in [-0.15, -0.1) is 0 Å². The Hall–Kier alpha value is -13.1. The van der Waals surface area contributed by atoms with Crippen molar-refractivity contribution >= 4 is 53.1 Å². The van der Waals surface area contributed by atoms with Gasteiger partial charge in [0.15, 0.2) is 0 Å². The first-order valence-electron chi connectivity index (χ1n) is 30.4. The Morgan fingerprint density at radius 3 is 1.28 bits per heavy atom. The molecule has 24 heteroatoms. The van der Waals surface area contributed by atoms with Crippen molar-refractivity contribution in [1.82, 2.24) is 39.0 Å². The molecule has 1 amide bonds. The van der Waals surface area contributed by atoms with Gasteiger partial charge in [0.25, 0.3) is 16.7 Å². The number of pyridine rings is 2. The minimum absolute atomic E-state index is 0. The first-order valence-corrected chi connectivity index (χ1v) is 30.4. The fourth-order valence-electron chi connectivity index (χ4n) is 10.9. The van der Waals surface area contributed by atoms with Crippen molar-refractivity contribution in [3.8, 4) is 18.2 Å². The summed E-state index contributed by atoms with van der Waals surface area (Å²) in [4.78, 5) is 158. The Labute approximate surface area is 575 Å². The summed E-state index contributed by atoms with van der Waals surface area (Å²) in [5.41, 5.74) is 14.2. The van der Waals surface area contributed by atoms with E-state index in [1.54, 1.807) is 139 Å². The number of carbonyl (C=O) groups excluding carboxylic acids is 5. The number of ketones is 4. The van der Waals surface area contributed by atoms with Crippen molar-refractivity contribution in [3.63, 3.8) is 0 Å². The highest BCUT2D eigenvalue weighted by Crippen LogP contribution is 2.25. The second kappa shape index (κ2) is 34.5. The summed E-state index contributed by atoms with van der Waals surface area (Å²) in [7, 11) is 0. The Morgan fingerprint density at radius 2 is 0.880 bits per heavy atom. The molecule has 0 aliphatic rings. The molecule has 9 aromatic rings. The van der Waals surface area contributed by atoms with Crippen LogP contribution in [0.3, 0.4) is 0 Å². The number of rotatable bonds is 19. The lowest BCUT2D eigenvalue weighted by Crippen LogP contribution is -2.38. The average molecular weight is 1350 g/mol. The predicted molar refractivity (Wildman–Crippen MR) is 383 cm³/mol. The predicted octanol–water partition coefficient (Wildman–Crippen LogP) is 9.81. The molecule has 0 aliphatic heterocycles. The van der Waals surface area contributed by atoms with Crippen LogP contribution >= 0.6 is 0 Å². The van der Waals surface area contributed by atoms with Crippen molar-refractivity contribution in [3.05, 3.63) is 308 Å². The molecule has 0 atom stereocenters. The molecule has 0 radical (unpaired) electrons. The van der Waals surface area contributed by atoms with Crippen LogP contribution in [0.15, 0.2) is 163 Å². The number of anilines is 1. The number of aromatic nitrogens is 8. The second-order valence-electron chi connectivity index (χ2n) is 23.5. The number of hydrogen-bond acceptors (Lipinski definition) is 17. The van der Waals surface area contributed by atoms with E-state index in [1.807, 2.05) is 44.2 Å². The summed E-state index contributed by atoms with van der Waals surface area (Å²) in [6, 6.07) is 33.5. The van der Waals surface area contributed by atoms with Gasteiger partial charge in [0.1, 0.15) is 22.9 Å². The maximum atomic E-state index is 14.0. The molecule has 4 aromatic carbocycles. The van der Waals surface area contributed by atoms with E-state index in [9.17, 15) is 52.7 Å². The van der Waals surface area contributed by atoms with Crippen LogP contribution in [0.1, 0.15) is 210 Å². The van der Waals surface area contributed by atoms with Gasteiger partial charge in [0.2, 0.25) is 29.0 Å². The number of nitrogens with zero attached hydrogens (tertiary/aromatic N) is 7. The average Bonchev–Trinajstić information content (AvgIpc) is 0.778. The molecule has 0 bridgehead atoms. The molecule has 8 N–H and O–H groups in total. The summed E-state index contributed by atoms with van der Waals surface area (Å²) in [6.45, 7) is 15.9. The standard InChI is InChI=1S/C32H27N5O5.C24H23N5O3.C18H17N3O3.2CH4/c1-18(2)26-27(28(38)22-14-19(3)13-20(15-22)7-6-11-33)37(32(42)36-31(26)41)17-21-10-12-35-25(16-21)29(39)23-8-4-5-9-24(23)30(34)40;1-14(2)20-21(22(30)18-10-15(3)9-16(11-18)5-4-7-25)29(24(32)28-23(20)31)13-17-6-8-27-19(26)12-17;1-10(2)14-15(20-18(24)21-17(14)23)16(22)13-8-11(3)7-12(9-13)5-4-6-19;;/h4-10,12-16,18H,17H2,1-3H3,(H2,34,40)(H,36,41,42);4-6,8-12,14H,13H2,1-3H3,(H2,26,27)(H,28,31,32);4-5,7-10H,1-3H3,(H2,20,21,23,24);2*1H4/b7-6+;2*5-4+;;. The fraction of sp³-hybridized carbons (Fsp3) is 0.211. The van der Waals surface area contributed by atoms with Crippen LogP contribution in [0.4, 0.5) is 5.82 Å². The SMILES string of the molecule is C.C.Cc1cc(/C=C/C#N)cc(C(=O)c2[nH]c(=O)[nH]c(=O)c2C(C)C)c1.Cc1cc(/C=C/C#N)cc(C(=O)c2c(C(C)C)c(=O)[nH]c(=O)n2Cc2ccnc(C(=O)c3ccccc3C(N)=O)c2)c1.Cc1cc(/C=C/C#N)cc(C(=O)c2c(C(C)C)c(=O)[nH]c(=O)n2Cc2ccnc(N)c2)c1. The number of nitrogen functional groups attached to an aromatic ring is 1. The molecule has 0 fully saturated rings. The Bertz CT molecular complexity index is 5280. The number of nitrogens with one attached hydrogen (secondary N) is 4. The molecule has 0 spiro atoms. The van der Waals surface area contributed by atoms with Crippen LogP contribution in [0.5, 0.6) is 0 Å². The van der Waals surface area contributed by atoms with Gasteiger partial charge in [0, 0.05) is 69.6 Å². The number of benzene rings is 4. The van der Waals surface area contributed by atoms with Gasteiger partial charge in [-0.25, -0.2) is 19.4 Å². The van der Waals surface area contributed by atoms with Crippen molar-refractivity contribution < 1.29 is 24.0 Å². The van der Waals surface area contributed by atoms with Gasteiger partial charge in [-0.3, -0.25) is 67.4 Å². The van der Waals surface area contributed by atoms with E-state index in [0.717, 1.165) is 16.7 Å². The van der Waals surface area contributed by atoms with Crippen LogP contribution in [0.2, 0.25) is 0 Å². The highest BCUT2D eigenvalue weighted by molar-refractivity contribution is 6.14. The van der Waals surface area contributed by atoms with Crippen molar-refractivity contribution in [2.45, 2.75) is 108 Å². The highest BCUT2D eigenvalue weighted by Gasteiger charge is 2.28. The maximum Gasteiger partial charge on any atom is 0.329 e. The second-order valence-corrected chi connectivity index (χ2v) is 23.5. The number of H-pyrrole nitrogens is 4. The molecule has 510 valence electrons. The number of nitriles is 3. The minimum Gasteiger partial charge on any atom is -0.384 e. The molecule has 9 rings (SSSR count). The van der Waals surface area contributed by atoms with E-state index in [4.69, 9.17) is 27.3 Å².